The van der Waals surface area contributed by atoms with Crippen LogP contribution in [0, 0.1) is 27.7 Å². The van der Waals surface area contributed by atoms with E-state index in [1.54, 1.807) is 0 Å². The first-order valence-corrected chi connectivity index (χ1v) is 28.5. The van der Waals surface area contributed by atoms with Crippen molar-refractivity contribution < 1.29 is 114 Å². The summed E-state index contributed by atoms with van der Waals surface area (Å²) in [5.74, 6) is 0.337. The van der Waals surface area contributed by atoms with Gasteiger partial charge in [-0.3, -0.25) is 19.2 Å². The minimum absolute atomic E-state index is 0. The van der Waals surface area contributed by atoms with Gasteiger partial charge < -0.3 is 65.7 Å². The summed E-state index contributed by atoms with van der Waals surface area (Å²) < 4.78 is 12.4. The molecule has 0 bridgehead atoms. The summed E-state index contributed by atoms with van der Waals surface area (Å²) >= 11 is 9.53. The van der Waals surface area contributed by atoms with Crippen LogP contribution in [0.5, 0.6) is 0 Å². The average molecular weight is 1200 g/mol. The Morgan fingerprint density at radius 3 is 0.946 bits per heavy atom. The second kappa shape index (κ2) is 54.2. The van der Waals surface area contributed by atoms with E-state index in [1.165, 1.54) is 112 Å². The van der Waals surface area contributed by atoms with Crippen LogP contribution in [0.4, 0.5) is 0 Å². The first-order chi connectivity index (χ1) is 33.2. The molecule has 74 heavy (non-hydrogen) atoms. The van der Waals surface area contributed by atoms with Crippen molar-refractivity contribution in [1.82, 2.24) is 0 Å². The molecule has 0 spiro atoms. The fourth-order valence-corrected chi connectivity index (χ4v) is 9.21. The molecular formula is C59H103BrCl4N2NaO7-. The fraction of sp³-hybridized carbons (Fsp3) is 0.729. The number of benzene rings is 2. The van der Waals surface area contributed by atoms with Crippen molar-refractivity contribution in [3.8, 4) is 0 Å². The monoisotopic (exact) mass is 1190 g/mol. The Morgan fingerprint density at radius 1 is 0.459 bits per heavy atom. The van der Waals surface area contributed by atoms with Gasteiger partial charge in [-0.2, -0.15) is 0 Å². The van der Waals surface area contributed by atoms with Crippen molar-refractivity contribution in [1.29, 1.82) is 0 Å². The van der Waals surface area contributed by atoms with Gasteiger partial charge in [0, 0.05) is 25.7 Å². The summed E-state index contributed by atoms with van der Waals surface area (Å²) in [6, 6.07) is 12.4. The van der Waals surface area contributed by atoms with Crippen molar-refractivity contribution in [3.63, 3.8) is 0 Å². The number of likely N-dealkylation sites (N-methyl/N-ethyl adjacent to an activating group) is 2. The maximum Gasteiger partial charge on any atom is 1.00 e. The zero-order chi connectivity index (χ0) is 51.8. The Labute approximate surface area is 508 Å². The minimum atomic E-state index is -0.0925. The summed E-state index contributed by atoms with van der Waals surface area (Å²) in [7, 11) is 0. The number of halogens is 5. The van der Waals surface area contributed by atoms with Crippen LogP contribution in [0.2, 0.25) is 0 Å². The Hall–Kier alpha value is -0.760. The minimum Gasteiger partial charge on any atom is -1.00 e. The SMILES string of the molecule is CCCCCCCCCCCC(=O)OCC[N+](CC)(CC)CC(=O)Cc1c(C)cccc1C.CCCCCCCCCCCC(=O)OCC[N+](CC)(CC)CC(=O)Cc1c(C)cccc1C.ClCCl.[Br-].[Cl-].[Cl-].[Na+].[OH-]. The number of ketones is 2. The summed E-state index contributed by atoms with van der Waals surface area (Å²) in [5, 5.41) is 0.194. The number of hydrogen-bond acceptors (Lipinski definition) is 7. The quantitative estimate of drug-likeness (QED) is 0.0334. The van der Waals surface area contributed by atoms with Crippen molar-refractivity contribution in [3.05, 3.63) is 69.8 Å². The van der Waals surface area contributed by atoms with E-state index in [2.05, 4.69) is 93.5 Å². The van der Waals surface area contributed by atoms with E-state index >= 15 is 0 Å². The van der Waals surface area contributed by atoms with E-state index < -0.39 is 0 Å². The van der Waals surface area contributed by atoms with Crippen molar-refractivity contribution in [2.45, 2.75) is 210 Å². The second-order valence-corrected chi connectivity index (χ2v) is 20.4. The van der Waals surface area contributed by atoms with E-state index in [1.807, 2.05) is 12.1 Å². The van der Waals surface area contributed by atoms with Crippen LogP contribution in [-0.4, -0.2) is 109 Å². The summed E-state index contributed by atoms with van der Waals surface area (Å²) in [5.41, 5.74) is 7.03. The molecule has 0 heterocycles. The van der Waals surface area contributed by atoms with Gasteiger partial charge >= 0.3 is 41.5 Å². The molecule has 0 radical (unpaired) electrons. The number of aryl methyl sites for hydroxylation is 4. The number of alkyl halides is 2. The van der Waals surface area contributed by atoms with Crippen LogP contribution in [0.3, 0.4) is 0 Å². The number of unbranched alkanes of at least 4 members (excludes halogenated alkanes) is 16. The van der Waals surface area contributed by atoms with E-state index in [0.717, 1.165) is 63.0 Å². The summed E-state index contributed by atoms with van der Waals surface area (Å²) in [6.07, 6.45) is 24.4. The van der Waals surface area contributed by atoms with Gasteiger partial charge in [0.05, 0.1) is 31.5 Å². The molecule has 9 nitrogen and oxygen atoms in total. The predicted octanol–water partition coefficient (Wildman–Crippen LogP) is 2.73. The maximum atomic E-state index is 12.9. The standard InChI is InChI=1S/2C29H50NO3.CH2Cl2.BrH.2ClH.Na.H2O/c2*1-6-9-10-11-12-13-14-15-16-20-29(32)33-22-21-30(7-2,8-3)24-27(31)23-28-25(4)18-17-19-26(28)5;2-1-3;;;;;/h2*17-19H,6-16,20-24H2,1-5H3;1H2;3*1H;;1H2/q2*+1;;;;;+1;/p-4. The second-order valence-electron chi connectivity index (χ2n) is 19.6. The van der Waals surface area contributed by atoms with E-state index in [-0.39, 0.29) is 106 Å². The number of Topliss-reactive ketones (excluding diaryl/α,β-unsaturated/α-hetero) is 2. The molecule has 0 amide bonds. The van der Waals surface area contributed by atoms with Gasteiger partial charge in [0.1, 0.15) is 39.4 Å². The molecule has 0 aliphatic carbocycles. The molecule has 0 unspecified atom stereocenters. The Balaban J connectivity index is -0.000000278. The van der Waals surface area contributed by atoms with Gasteiger partial charge in [0.25, 0.3) is 0 Å². The number of ether oxygens (including phenoxy) is 2. The Morgan fingerprint density at radius 2 is 0.703 bits per heavy atom. The van der Waals surface area contributed by atoms with Crippen LogP contribution in [0.25, 0.3) is 0 Å². The van der Waals surface area contributed by atoms with Crippen molar-refractivity contribution in [2.75, 3.05) is 70.9 Å². The van der Waals surface area contributed by atoms with Crippen LogP contribution >= 0.6 is 23.2 Å². The van der Waals surface area contributed by atoms with E-state index in [9.17, 15) is 19.2 Å². The number of hydrogen-bond donors (Lipinski definition) is 0. The number of quaternary nitrogens is 2. The van der Waals surface area contributed by atoms with Crippen LogP contribution < -0.4 is 71.4 Å². The maximum absolute atomic E-state index is 12.9. The van der Waals surface area contributed by atoms with E-state index in [0.29, 0.717) is 74.0 Å². The topological polar surface area (TPSA) is 117 Å². The molecule has 2 rings (SSSR count). The Kier molecular flexibility index (Phi) is 61.9. The molecule has 2 aromatic rings. The zero-order valence-corrected chi connectivity index (χ0v) is 55.1. The van der Waals surface area contributed by atoms with Gasteiger partial charge in [-0.1, -0.05) is 153 Å². The summed E-state index contributed by atoms with van der Waals surface area (Å²) in [4.78, 5) is 50.2. The molecule has 2 aromatic carbocycles. The van der Waals surface area contributed by atoms with Gasteiger partial charge in [-0.15, -0.1) is 23.2 Å². The molecule has 1 N–H and O–H groups in total. The molecule has 428 valence electrons. The third kappa shape index (κ3) is 40.4. The van der Waals surface area contributed by atoms with Crippen molar-refractivity contribution in [2.24, 2.45) is 0 Å². The first kappa shape index (κ1) is 84.5. The van der Waals surface area contributed by atoms with E-state index in [4.69, 9.17) is 32.7 Å². The van der Waals surface area contributed by atoms with Gasteiger partial charge in [-0.05, 0) is 102 Å². The molecule has 0 aliphatic heterocycles. The van der Waals surface area contributed by atoms with Crippen LogP contribution in [0.1, 0.15) is 203 Å². The third-order valence-corrected chi connectivity index (χ3v) is 14.4. The Bertz CT molecular complexity index is 1530. The number of nitrogens with zero attached hydrogens (tertiary/aromatic N) is 2. The predicted molar refractivity (Wildman–Crippen MR) is 296 cm³/mol. The largest absolute Gasteiger partial charge is 1.00 e. The molecule has 0 saturated carbocycles. The molecule has 0 saturated heterocycles. The average Bonchev–Trinajstić information content (AvgIpc) is 3.32. The van der Waals surface area contributed by atoms with Crippen molar-refractivity contribution >= 4 is 46.7 Å². The van der Waals surface area contributed by atoms with Crippen LogP contribution in [-0.2, 0) is 41.5 Å². The van der Waals surface area contributed by atoms with Crippen LogP contribution in [0.15, 0.2) is 36.4 Å². The number of carbonyl (C=O) groups excluding carboxylic acids is 4. The van der Waals surface area contributed by atoms with Gasteiger partial charge in [0.2, 0.25) is 0 Å². The molecule has 0 aliphatic rings. The molecular weight excluding hydrogens is 1090 g/mol. The smallest absolute Gasteiger partial charge is 1.00 e. The molecule has 15 heteroatoms. The normalized spacial score (nSPS) is 10.5. The molecule has 0 aromatic heterocycles. The fourth-order valence-electron chi connectivity index (χ4n) is 9.21. The number of esters is 2. The van der Waals surface area contributed by atoms with Gasteiger partial charge in [0.15, 0.2) is 11.6 Å². The molecule has 0 fully saturated rings. The first-order valence-electron chi connectivity index (χ1n) is 27.4. The zero-order valence-electron chi connectivity index (χ0n) is 48.5. The molecule has 0 atom stereocenters. The number of rotatable bonds is 38. The number of carbonyl (C=O) groups is 4. The summed E-state index contributed by atoms with van der Waals surface area (Å²) in [6.45, 7) is 27.9. The third-order valence-electron chi connectivity index (χ3n) is 14.4. The van der Waals surface area contributed by atoms with Gasteiger partial charge in [-0.25, -0.2) is 0 Å².